The van der Waals surface area contributed by atoms with E-state index in [9.17, 15) is 9.59 Å². The van der Waals surface area contributed by atoms with Crippen molar-refractivity contribution in [1.82, 2.24) is 5.32 Å². The summed E-state index contributed by atoms with van der Waals surface area (Å²) in [4.78, 5) is 23.9. The molecule has 7 nitrogen and oxygen atoms in total. The molecule has 0 spiro atoms. The maximum atomic E-state index is 12.1. The highest BCUT2D eigenvalue weighted by molar-refractivity contribution is 5.72. The molecule has 0 saturated heterocycles. The van der Waals surface area contributed by atoms with Gasteiger partial charge >= 0.3 is 12.1 Å². The summed E-state index contributed by atoms with van der Waals surface area (Å²) in [5, 5.41) is 2.63. The molecule has 1 aromatic rings. The fourth-order valence-corrected chi connectivity index (χ4v) is 2.14. The van der Waals surface area contributed by atoms with Gasteiger partial charge in [0.2, 0.25) is 0 Å². The number of hydrogen-bond donors (Lipinski definition) is 1. The Morgan fingerprint density at radius 1 is 0.960 bits per heavy atom. The van der Waals surface area contributed by atoms with Crippen molar-refractivity contribution in [1.29, 1.82) is 0 Å². The van der Waals surface area contributed by atoms with E-state index < -0.39 is 24.4 Å². The predicted molar refractivity (Wildman–Crippen MR) is 91.8 cm³/mol. The highest BCUT2D eigenvalue weighted by Crippen LogP contribution is 2.09. The van der Waals surface area contributed by atoms with Gasteiger partial charge in [0, 0.05) is 13.2 Å². The molecular weight excluding hydrogens is 326 g/mol. The molecule has 1 rings (SSSR count). The summed E-state index contributed by atoms with van der Waals surface area (Å²) in [6, 6.07) is 8.61. The molecular formula is C18H27NO6. The number of alkyl carbamates (subject to hydrolysis) is 1. The van der Waals surface area contributed by atoms with E-state index in [1.807, 2.05) is 30.3 Å². The smallest absolute Gasteiger partial charge is 0.407 e. The Balaban J connectivity index is 2.65. The van der Waals surface area contributed by atoms with Gasteiger partial charge in [-0.2, -0.15) is 0 Å². The summed E-state index contributed by atoms with van der Waals surface area (Å²) in [5.41, 5.74) is 0.866. The van der Waals surface area contributed by atoms with Crippen LogP contribution in [0.25, 0.3) is 0 Å². The van der Waals surface area contributed by atoms with Crippen molar-refractivity contribution in [3.05, 3.63) is 35.9 Å². The number of ether oxygens (including phenoxy) is 4. The number of nitrogens with one attached hydrogen (secondary N) is 1. The number of rotatable bonds is 11. The molecule has 1 atom stereocenters. The van der Waals surface area contributed by atoms with Crippen molar-refractivity contribution >= 4 is 12.1 Å². The van der Waals surface area contributed by atoms with Gasteiger partial charge in [0.15, 0.2) is 6.29 Å². The van der Waals surface area contributed by atoms with Crippen LogP contribution in [0.5, 0.6) is 0 Å². The molecule has 0 radical (unpaired) electrons. The minimum absolute atomic E-state index is 0.0705. The Morgan fingerprint density at radius 2 is 1.60 bits per heavy atom. The molecule has 7 heteroatoms. The van der Waals surface area contributed by atoms with Crippen molar-refractivity contribution in [2.24, 2.45) is 0 Å². The van der Waals surface area contributed by atoms with Crippen LogP contribution in [0.2, 0.25) is 0 Å². The van der Waals surface area contributed by atoms with Gasteiger partial charge in [-0.25, -0.2) is 4.79 Å². The molecule has 1 N–H and O–H groups in total. The summed E-state index contributed by atoms with van der Waals surface area (Å²) in [6.45, 7) is 6.49. The van der Waals surface area contributed by atoms with E-state index in [0.717, 1.165) is 5.56 Å². The molecule has 0 bridgehead atoms. The van der Waals surface area contributed by atoms with E-state index in [1.54, 1.807) is 20.8 Å². The standard InChI is InChI=1S/C18H27NO6/c1-4-22-16(20)12-15(17(23-5-2)24-6-3)19-18(21)25-13-14-10-8-7-9-11-14/h7-11,15,17H,4-6,12-13H2,1-3H3,(H,19,21)/t15-/m1/s1. The summed E-state index contributed by atoms with van der Waals surface area (Å²) < 4.78 is 21.1. The van der Waals surface area contributed by atoms with E-state index in [4.69, 9.17) is 18.9 Å². The molecule has 0 saturated carbocycles. The predicted octanol–water partition coefficient (Wildman–Crippen LogP) is 2.63. The second-order valence-corrected chi connectivity index (χ2v) is 5.10. The van der Waals surface area contributed by atoms with Crippen LogP contribution in [0, 0.1) is 0 Å². The van der Waals surface area contributed by atoms with Crippen molar-refractivity contribution in [3.63, 3.8) is 0 Å². The third-order valence-corrected chi connectivity index (χ3v) is 3.20. The maximum Gasteiger partial charge on any atom is 0.407 e. The average molecular weight is 353 g/mol. The van der Waals surface area contributed by atoms with E-state index in [-0.39, 0.29) is 19.6 Å². The lowest BCUT2D eigenvalue weighted by Crippen LogP contribution is -2.47. The molecule has 0 aliphatic rings. The van der Waals surface area contributed by atoms with Gasteiger partial charge in [0.05, 0.1) is 19.1 Å². The summed E-state index contributed by atoms with van der Waals surface area (Å²) in [5.74, 6) is -0.444. The SMILES string of the molecule is CCOC(=O)C[C@@H](NC(=O)OCc1ccccc1)C(OCC)OCC. The van der Waals surface area contributed by atoms with Gasteiger partial charge in [-0.15, -0.1) is 0 Å². The number of esters is 1. The molecule has 0 aliphatic carbocycles. The summed E-state index contributed by atoms with van der Waals surface area (Å²) >= 11 is 0. The van der Waals surface area contributed by atoms with Gasteiger partial charge < -0.3 is 24.3 Å². The quantitative estimate of drug-likeness (QED) is 0.486. The first kappa shape index (κ1) is 20.9. The van der Waals surface area contributed by atoms with Crippen molar-refractivity contribution in [2.45, 2.75) is 46.1 Å². The van der Waals surface area contributed by atoms with E-state index >= 15 is 0 Å². The third-order valence-electron chi connectivity index (χ3n) is 3.20. The molecule has 0 fully saturated rings. The first-order valence-electron chi connectivity index (χ1n) is 8.46. The molecule has 0 aliphatic heterocycles. The van der Waals surface area contributed by atoms with E-state index in [2.05, 4.69) is 5.32 Å². The zero-order chi connectivity index (χ0) is 18.5. The number of carbonyl (C=O) groups is 2. The molecule has 140 valence electrons. The third kappa shape index (κ3) is 8.51. The topological polar surface area (TPSA) is 83.1 Å². The molecule has 25 heavy (non-hydrogen) atoms. The molecule has 0 heterocycles. The highest BCUT2D eigenvalue weighted by Gasteiger charge is 2.28. The van der Waals surface area contributed by atoms with Crippen LogP contribution in [-0.2, 0) is 30.3 Å². The molecule has 0 unspecified atom stereocenters. The number of benzene rings is 1. The van der Waals surface area contributed by atoms with E-state index in [0.29, 0.717) is 13.2 Å². The monoisotopic (exact) mass is 353 g/mol. The van der Waals surface area contributed by atoms with Crippen LogP contribution >= 0.6 is 0 Å². The van der Waals surface area contributed by atoms with Crippen LogP contribution < -0.4 is 5.32 Å². The Kier molecular flexibility index (Phi) is 10.3. The van der Waals surface area contributed by atoms with Gasteiger partial charge in [0.25, 0.3) is 0 Å². The Hall–Kier alpha value is -2.12. The van der Waals surface area contributed by atoms with Crippen LogP contribution in [0.1, 0.15) is 32.8 Å². The van der Waals surface area contributed by atoms with Gasteiger partial charge in [-0.3, -0.25) is 4.79 Å². The fraction of sp³-hybridized carbons (Fsp3) is 0.556. The van der Waals surface area contributed by atoms with Crippen LogP contribution in [-0.4, -0.2) is 44.2 Å². The number of carbonyl (C=O) groups excluding carboxylic acids is 2. The highest BCUT2D eigenvalue weighted by atomic mass is 16.7. The summed E-state index contributed by atoms with van der Waals surface area (Å²) in [6.07, 6.45) is -1.48. The first-order valence-corrected chi connectivity index (χ1v) is 8.46. The first-order chi connectivity index (χ1) is 12.1. The zero-order valence-corrected chi connectivity index (χ0v) is 15.0. The molecule has 1 aromatic carbocycles. The maximum absolute atomic E-state index is 12.1. The summed E-state index contributed by atoms with van der Waals surface area (Å²) in [7, 11) is 0. The van der Waals surface area contributed by atoms with Crippen LogP contribution in [0.15, 0.2) is 30.3 Å². The zero-order valence-electron chi connectivity index (χ0n) is 15.0. The second kappa shape index (κ2) is 12.3. The average Bonchev–Trinajstić information content (AvgIpc) is 2.60. The Bertz CT molecular complexity index is 502. The lowest BCUT2D eigenvalue weighted by atomic mass is 10.2. The minimum atomic E-state index is -0.760. The van der Waals surface area contributed by atoms with Crippen molar-refractivity contribution in [2.75, 3.05) is 19.8 Å². The number of hydrogen-bond acceptors (Lipinski definition) is 6. The normalized spacial score (nSPS) is 11.8. The second-order valence-electron chi connectivity index (χ2n) is 5.10. The van der Waals surface area contributed by atoms with Crippen molar-refractivity contribution < 1.29 is 28.5 Å². The lowest BCUT2D eigenvalue weighted by Gasteiger charge is -2.26. The van der Waals surface area contributed by atoms with E-state index in [1.165, 1.54) is 0 Å². The molecule has 1 amide bonds. The number of amides is 1. The van der Waals surface area contributed by atoms with Crippen LogP contribution in [0.3, 0.4) is 0 Å². The molecule has 0 aromatic heterocycles. The lowest BCUT2D eigenvalue weighted by molar-refractivity contribution is -0.164. The van der Waals surface area contributed by atoms with Crippen molar-refractivity contribution in [3.8, 4) is 0 Å². The largest absolute Gasteiger partial charge is 0.466 e. The van der Waals surface area contributed by atoms with Gasteiger partial charge in [0.1, 0.15) is 6.61 Å². The van der Waals surface area contributed by atoms with Crippen LogP contribution in [0.4, 0.5) is 4.79 Å². The van der Waals surface area contributed by atoms with Gasteiger partial charge in [-0.1, -0.05) is 30.3 Å². The Labute approximate surface area is 148 Å². The minimum Gasteiger partial charge on any atom is -0.466 e. The fourth-order valence-electron chi connectivity index (χ4n) is 2.14. The Morgan fingerprint density at radius 3 is 2.16 bits per heavy atom. The van der Waals surface area contributed by atoms with Gasteiger partial charge in [-0.05, 0) is 26.3 Å².